The van der Waals surface area contributed by atoms with Gasteiger partial charge in [0.1, 0.15) is 5.03 Å². The number of piperazine rings is 1. The smallest absolute Gasteiger partial charge is 0.283 e. The molecule has 1 saturated heterocycles. The summed E-state index contributed by atoms with van der Waals surface area (Å²) in [6, 6.07) is 5.81. The van der Waals surface area contributed by atoms with Crippen molar-refractivity contribution in [3.8, 4) is 0 Å². The lowest BCUT2D eigenvalue weighted by molar-refractivity contribution is -0.122. The van der Waals surface area contributed by atoms with Gasteiger partial charge in [-0.2, -0.15) is 4.31 Å². The van der Waals surface area contributed by atoms with Crippen molar-refractivity contribution in [1.29, 1.82) is 0 Å². The topological polar surface area (TPSA) is 174 Å². The predicted octanol–water partition coefficient (Wildman–Crippen LogP) is 1.22. The molecule has 2 aliphatic rings. The third-order valence-corrected chi connectivity index (χ3v) is 10.3. The maximum absolute atomic E-state index is 13.6. The number of amides is 2. The molecule has 2 atom stereocenters. The molecule has 2 aliphatic heterocycles. The van der Waals surface area contributed by atoms with E-state index in [9.17, 15) is 26.4 Å². The lowest BCUT2D eigenvalue weighted by Gasteiger charge is -2.40. The summed E-state index contributed by atoms with van der Waals surface area (Å²) in [6.07, 6.45) is 1.22. The number of nitrogens with zero attached hydrogens (tertiary/aromatic N) is 3. The van der Waals surface area contributed by atoms with Crippen LogP contribution in [0.3, 0.4) is 0 Å². The van der Waals surface area contributed by atoms with Crippen LogP contribution >= 0.6 is 35.3 Å². The summed E-state index contributed by atoms with van der Waals surface area (Å²) in [5.41, 5.74) is 3.55. The molecular weight excluding hydrogens is 637 g/mol. The molecule has 1 fully saturated rings. The monoisotopic (exact) mass is 665 g/mol. The van der Waals surface area contributed by atoms with Gasteiger partial charge in [-0.1, -0.05) is 11.6 Å². The number of carbonyl (C=O) groups excluding carboxylic acids is 2. The van der Waals surface area contributed by atoms with Crippen molar-refractivity contribution >= 4 is 78.1 Å². The molecule has 2 aromatic heterocycles. The van der Waals surface area contributed by atoms with E-state index in [-0.39, 0.29) is 54.5 Å². The number of aromatic amines is 1. The molecule has 4 N–H and O–H groups in total. The normalized spacial score (nSPS) is 19.9. The SMILES string of the molecule is CC1Cc2nc(C(=O)N3CCN(S(=O)(=O)c4cc5cc(Cl)ccc5[nH]4)CC3CC(=O)NNS(C)(=O)=O)sc2CN1.Cl. The summed E-state index contributed by atoms with van der Waals surface area (Å²) in [7, 11) is -7.75. The minimum atomic E-state index is -4.03. The van der Waals surface area contributed by atoms with Gasteiger partial charge in [0.2, 0.25) is 15.9 Å². The molecule has 2 amide bonds. The molecule has 0 saturated carbocycles. The number of hydrazine groups is 1. The van der Waals surface area contributed by atoms with Gasteiger partial charge >= 0.3 is 0 Å². The third kappa shape index (κ3) is 7.02. The van der Waals surface area contributed by atoms with Crippen molar-refractivity contribution < 1.29 is 26.4 Å². The second-order valence-corrected chi connectivity index (χ2v) is 15.1. The lowest BCUT2D eigenvalue weighted by Crippen LogP contribution is -2.58. The number of benzene rings is 1. The summed E-state index contributed by atoms with van der Waals surface area (Å²) < 4.78 is 51.3. The number of sulfonamides is 2. The number of hydrogen-bond acceptors (Lipinski definition) is 9. The van der Waals surface area contributed by atoms with E-state index in [4.69, 9.17) is 11.6 Å². The van der Waals surface area contributed by atoms with Crippen LogP contribution in [0.15, 0.2) is 29.3 Å². The Labute approximate surface area is 252 Å². The fraction of sp³-hybridized carbons (Fsp3) is 0.435. The highest BCUT2D eigenvalue weighted by Gasteiger charge is 2.39. The first kappa shape index (κ1) is 31.6. The van der Waals surface area contributed by atoms with Gasteiger partial charge in [0.15, 0.2) is 5.01 Å². The van der Waals surface area contributed by atoms with Crippen LogP contribution in [-0.4, -0.2) is 85.8 Å². The Balaban J connectivity index is 0.00000387. The minimum Gasteiger partial charge on any atom is -0.345 e. The molecule has 13 nitrogen and oxygen atoms in total. The van der Waals surface area contributed by atoms with Crippen LogP contribution in [0.4, 0.5) is 0 Å². The molecule has 2 unspecified atom stereocenters. The molecule has 224 valence electrons. The van der Waals surface area contributed by atoms with E-state index >= 15 is 0 Å². The van der Waals surface area contributed by atoms with Gasteiger partial charge in [0.05, 0.1) is 18.0 Å². The Morgan fingerprint density at radius 1 is 1.20 bits per heavy atom. The Morgan fingerprint density at radius 3 is 2.68 bits per heavy atom. The standard InChI is InChI=1S/C23H28ClN7O6S3.ClH/c1-13-7-18-19(11-25-13)38-22(27-18)23(33)31-6-5-30(12-16(31)10-20(32)28-29-39(2,34)35)40(36,37)21-9-14-8-15(24)3-4-17(14)26-21;/h3-4,8-9,13,16,25-26,29H,5-7,10-12H2,1-2H3,(H,28,32);1H. The summed E-state index contributed by atoms with van der Waals surface area (Å²) in [5.74, 6) is -1.12. The Bertz CT molecular complexity index is 1690. The fourth-order valence-electron chi connectivity index (χ4n) is 4.78. The summed E-state index contributed by atoms with van der Waals surface area (Å²) in [4.78, 5) is 38.0. The first-order valence-corrected chi connectivity index (χ1v) is 16.9. The first-order valence-electron chi connectivity index (χ1n) is 12.4. The van der Waals surface area contributed by atoms with Gasteiger partial charge in [0, 0.05) is 65.9 Å². The van der Waals surface area contributed by atoms with Gasteiger partial charge in [-0.15, -0.1) is 28.6 Å². The molecule has 41 heavy (non-hydrogen) atoms. The van der Waals surface area contributed by atoms with E-state index in [2.05, 4.69) is 20.7 Å². The fourth-order valence-corrected chi connectivity index (χ4v) is 7.74. The van der Waals surface area contributed by atoms with Gasteiger partial charge in [-0.25, -0.2) is 21.8 Å². The van der Waals surface area contributed by atoms with Gasteiger partial charge in [0.25, 0.3) is 15.9 Å². The largest absolute Gasteiger partial charge is 0.345 e. The number of thiazole rings is 1. The van der Waals surface area contributed by atoms with Crippen LogP contribution in [0.5, 0.6) is 0 Å². The van der Waals surface area contributed by atoms with Crippen molar-refractivity contribution in [2.24, 2.45) is 0 Å². The maximum atomic E-state index is 13.6. The van der Waals surface area contributed by atoms with E-state index in [1.54, 1.807) is 18.2 Å². The van der Waals surface area contributed by atoms with Crippen LogP contribution in [-0.2, 0) is 37.8 Å². The predicted molar refractivity (Wildman–Crippen MR) is 157 cm³/mol. The van der Waals surface area contributed by atoms with Crippen LogP contribution in [0, 0.1) is 0 Å². The molecule has 1 aromatic carbocycles. The zero-order valence-corrected chi connectivity index (χ0v) is 26.0. The Morgan fingerprint density at radius 2 is 1.95 bits per heavy atom. The maximum Gasteiger partial charge on any atom is 0.283 e. The van der Waals surface area contributed by atoms with Crippen molar-refractivity contribution in [2.75, 3.05) is 25.9 Å². The lowest BCUT2D eigenvalue weighted by atomic mass is 10.1. The van der Waals surface area contributed by atoms with E-state index in [0.29, 0.717) is 28.9 Å². The molecule has 3 aromatic rings. The third-order valence-electron chi connectivity index (χ3n) is 6.75. The number of halogens is 2. The van der Waals surface area contributed by atoms with Gasteiger partial charge in [-0.3, -0.25) is 15.0 Å². The van der Waals surface area contributed by atoms with E-state index in [1.807, 2.05) is 11.8 Å². The van der Waals surface area contributed by atoms with Crippen molar-refractivity contribution in [3.63, 3.8) is 0 Å². The van der Waals surface area contributed by atoms with Crippen LogP contribution in [0.2, 0.25) is 5.02 Å². The molecule has 0 aliphatic carbocycles. The van der Waals surface area contributed by atoms with Gasteiger partial charge in [-0.05, 0) is 31.2 Å². The zero-order chi connectivity index (χ0) is 28.8. The second kappa shape index (κ2) is 12.1. The van der Waals surface area contributed by atoms with E-state index in [1.165, 1.54) is 26.6 Å². The second-order valence-electron chi connectivity index (χ2n) is 9.88. The number of nitrogens with one attached hydrogen (secondary N) is 4. The highest BCUT2D eigenvalue weighted by Crippen LogP contribution is 2.29. The number of rotatable bonds is 7. The average molecular weight is 667 g/mol. The van der Waals surface area contributed by atoms with E-state index in [0.717, 1.165) is 16.8 Å². The number of aromatic nitrogens is 2. The number of hydrogen-bond donors (Lipinski definition) is 4. The molecule has 0 radical (unpaired) electrons. The van der Waals surface area contributed by atoms with Gasteiger partial charge < -0.3 is 15.2 Å². The zero-order valence-electron chi connectivity index (χ0n) is 22.0. The number of carbonyl (C=O) groups is 2. The average Bonchev–Trinajstić information content (AvgIpc) is 3.50. The highest BCUT2D eigenvalue weighted by molar-refractivity contribution is 7.89. The summed E-state index contributed by atoms with van der Waals surface area (Å²) >= 11 is 7.32. The molecule has 4 heterocycles. The molecule has 0 bridgehead atoms. The summed E-state index contributed by atoms with van der Waals surface area (Å²) in [5, 5.41) is 4.65. The molecule has 5 rings (SSSR count). The van der Waals surface area contributed by atoms with Crippen LogP contribution < -0.4 is 15.6 Å². The van der Waals surface area contributed by atoms with Crippen LogP contribution in [0.1, 0.15) is 33.7 Å². The molecule has 18 heteroatoms. The van der Waals surface area contributed by atoms with Crippen molar-refractivity contribution in [1.82, 2.24) is 34.7 Å². The van der Waals surface area contributed by atoms with Crippen molar-refractivity contribution in [2.45, 2.75) is 43.4 Å². The quantitative estimate of drug-likeness (QED) is 0.273. The van der Waals surface area contributed by atoms with Crippen molar-refractivity contribution in [3.05, 3.63) is 44.9 Å². The molecule has 0 spiro atoms. The Hall–Kier alpha value is -2.31. The highest BCUT2D eigenvalue weighted by atomic mass is 35.5. The number of fused-ring (bicyclic) bond motifs is 2. The summed E-state index contributed by atoms with van der Waals surface area (Å²) in [6.45, 7) is 2.46. The van der Waals surface area contributed by atoms with E-state index < -0.39 is 37.9 Å². The van der Waals surface area contributed by atoms with Crippen LogP contribution in [0.25, 0.3) is 10.9 Å². The number of H-pyrrole nitrogens is 1. The first-order chi connectivity index (χ1) is 18.8. The molecular formula is C23H29Cl2N7O6S3. The Kier molecular flexibility index (Phi) is 9.35. The minimum absolute atomic E-state index is 0.